The third-order valence-corrected chi connectivity index (χ3v) is 2.61. The van der Waals surface area contributed by atoms with E-state index < -0.39 is 17.6 Å². The fourth-order valence-corrected chi connectivity index (χ4v) is 1.58. The van der Waals surface area contributed by atoms with E-state index in [1.54, 1.807) is 0 Å². The molecule has 0 aliphatic carbocycles. The number of hydrogen-bond acceptors (Lipinski definition) is 3. The Kier molecular flexibility index (Phi) is 4.71. The summed E-state index contributed by atoms with van der Waals surface area (Å²) in [7, 11) is 0. The third-order valence-electron chi connectivity index (χ3n) is 2.61. The number of aromatic carboxylic acids is 1. The van der Waals surface area contributed by atoms with Gasteiger partial charge in [0.15, 0.2) is 11.6 Å². The van der Waals surface area contributed by atoms with Crippen molar-refractivity contribution in [3.05, 3.63) is 59.7 Å². The summed E-state index contributed by atoms with van der Waals surface area (Å²) in [6, 6.07) is 9.16. The molecular weight excluding hydrogens is 282 g/mol. The number of carboxylic acids is 1. The number of hydrogen-bond donors (Lipinski definition) is 1. The largest absolute Gasteiger partial charge is 0.490 e. The minimum atomic E-state index is -1.01. The molecule has 21 heavy (non-hydrogen) atoms. The van der Waals surface area contributed by atoms with Gasteiger partial charge in [0.1, 0.15) is 24.7 Å². The zero-order valence-electron chi connectivity index (χ0n) is 10.9. The second kappa shape index (κ2) is 6.69. The Bertz CT molecular complexity index is 626. The molecule has 4 nitrogen and oxygen atoms in total. The number of halogens is 2. The predicted octanol–water partition coefficient (Wildman–Crippen LogP) is 3.12. The number of ether oxygens (including phenoxy) is 2. The van der Waals surface area contributed by atoms with E-state index in [0.717, 1.165) is 12.1 Å². The van der Waals surface area contributed by atoms with Crippen LogP contribution >= 0.6 is 0 Å². The molecule has 0 bridgehead atoms. The molecule has 1 N–H and O–H groups in total. The van der Waals surface area contributed by atoms with Crippen molar-refractivity contribution in [2.45, 2.75) is 0 Å². The highest BCUT2D eigenvalue weighted by Crippen LogP contribution is 2.16. The van der Waals surface area contributed by atoms with Crippen LogP contribution in [0.25, 0.3) is 0 Å². The molecule has 0 spiro atoms. The molecular formula is C15H12F2O4. The highest BCUT2D eigenvalue weighted by molar-refractivity contribution is 5.87. The SMILES string of the molecule is O=C(O)c1ccc(OCCOc2ccc(F)c(F)c2)cc1. The molecule has 110 valence electrons. The van der Waals surface area contributed by atoms with Gasteiger partial charge in [-0.3, -0.25) is 0 Å². The van der Waals surface area contributed by atoms with Crippen molar-refractivity contribution in [3.63, 3.8) is 0 Å². The first-order valence-electron chi connectivity index (χ1n) is 6.10. The summed E-state index contributed by atoms with van der Waals surface area (Å²) in [5, 5.41) is 8.74. The summed E-state index contributed by atoms with van der Waals surface area (Å²) in [6.07, 6.45) is 0. The molecule has 0 aliphatic rings. The van der Waals surface area contributed by atoms with E-state index in [0.29, 0.717) is 5.75 Å². The van der Waals surface area contributed by atoms with Gasteiger partial charge in [-0.2, -0.15) is 0 Å². The van der Waals surface area contributed by atoms with Gasteiger partial charge in [0, 0.05) is 6.07 Å². The minimum Gasteiger partial charge on any atom is -0.490 e. The van der Waals surface area contributed by atoms with E-state index in [4.69, 9.17) is 14.6 Å². The van der Waals surface area contributed by atoms with Gasteiger partial charge in [0.2, 0.25) is 0 Å². The van der Waals surface area contributed by atoms with Gasteiger partial charge in [0.25, 0.3) is 0 Å². The van der Waals surface area contributed by atoms with Gasteiger partial charge < -0.3 is 14.6 Å². The Morgan fingerprint density at radius 3 is 2.05 bits per heavy atom. The zero-order valence-corrected chi connectivity index (χ0v) is 10.9. The van der Waals surface area contributed by atoms with Crippen LogP contribution in [0.1, 0.15) is 10.4 Å². The standard InChI is InChI=1S/C15H12F2O4/c16-13-6-5-12(9-14(13)17)21-8-7-20-11-3-1-10(2-4-11)15(18)19/h1-6,9H,7-8H2,(H,18,19). The van der Waals surface area contributed by atoms with Crippen LogP contribution in [0.15, 0.2) is 42.5 Å². The Labute approximate surface area is 119 Å². The average Bonchev–Trinajstić information content (AvgIpc) is 2.47. The Morgan fingerprint density at radius 1 is 0.905 bits per heavy atom. The van der Waals surface area contributed by atoms with Crippen LogP contribution in [-0.2, 0) is 0 Å². The lowest BCUT2D eigenvalue weighted by molar-refractivity contribution is 0.0697. The number of carboxylic acid groups (broad SMARTS) is 1. The molecule has 0 aliphatic heterocycles. The lowest BCUT2D eigenvalue weighted by Crippen LogP contribution is -2.09. The van der Waals surface area contributed by atoms with Gasteiger partial charge in [-0.05, 0) is 36.4 Å². The van der Waals surface area contributed by atoms with Crippen molar-refractivity contribution in [1.29, 1.82) is 0 Å². The molecule has 2 rings (SSSR count). The van der Waals surface area contributed by atoms with E-state index >= 15 is 0 Å². The van der Waals surface area contributed by atoms with Crippen LogP contribution in [0.3, 0.4) is 0 Å². The van der Waals surface area contributed by atoms with E-state index in [1.807, 2.05) is 0 Å². The van der Waals surface area contributed by atoms with Gasteiger partial charge in [0.05, 0.1) is 5.56 Å². The number of benzene rings is 2. The first-order valence-corrected chi connectivity index (χ1v) is 6.10. The van der Waals surface area contributed by atoms with Crippen LogP contribution in [0.4, 0.5) is 8.78 Å². The maximum atomic E-state index is 12.9. The van der Waals surface area contributed by atoms with Crippen LogP contribution in [0, 0.1) is 11.6 Å². The van der Waals surface area contributed by atoms with E-state index in [-0.39, 0.29) is 24.5 Å². The zero-order chi connectivity index (χ0) is 15.2. The van der Waals surface area contributed by atoms with Crippen molar-refractivity contribution in [2.24, 2.45) is 0 Å². The highest BCUT2D eigenvalue weighted by Gasteiger charge is 2.04. The molecule has 0 atom stereocenters. The summed E-state index contributed by atoms with van der Waals surface area (Å²) in [6.45, 7) is 0.331. The minimum absolute atomic E-state index is 0.145. The Morgan fingerprint density at radius 2 is 1.48 bits per heavy atom. The van der Waals surface area contributed by atoms with Crippen molar-refractivity contribution >= 4 is 5.97 Å². The fourth-order valence-electron chi connectivity index (χ4n) is 1.58. The quantitative estimate of drug-likeness (QED) is 0.832. The molecule has 2 aromatic rings. The first kappa shape index (κ1) is 14.8. The van der Waals surface area contributed by atoms with Gasteiger partial charge in [-0.15, -0.1) is 0 Å². The summed E-state index contributed by atoms with van der Waals surface area (Å²) < 4.78 is 36.2. The monoisotopic (exact) mass is 294 g/mol. The molecule has 0 saturated heterocycles. The normalized spacial score (nSPS) is 10.2. The smallest absolute Gasteiger partial charge is 0.335 e. The van der Waals surface area contributed by atoms with E-state index in [2.05, 4.69) is 0 Å². The van der Waals surface area contributed by atoms with Crippen molar-refractivity contribution in [3.8, 4) is 11.5 Å². The average molecular weight is 294 g/mol. The van der Waals surface area contributed by atoms with Gasteiger partial charge in [-0.25, -0.2) is 13.6 Å². The second-order valence-corrected chi connectivity index (χ2v) is 4.10. The van der Waals surface area contributed by atoms with Crippen LogP contribution < -0.4 is 9.47 Å². The Hall–Kier alpha value is -2.63. The molecule has 0 fully saturated rings. The maximum absolute atomic E-state index is 12.9. The van der Waals surface area contributed by atoms with Crippen molar-refractivity contribution in [2.75, 3.05) is 13.2 Å². The molecule has 0 amide bonds. The Balaban J connectivity index is 1.79. The van der Waals surface area contributed by atoms with Crippen LogP contribution in [0.2, 0.25) is 0 Å². The molecule has 6 heteroatoms. The molecule has 0 unspecified atom stereocenters. The lowest BCUT2D eigenvalue weighted by Gasteiger charge is -2.08. The highest BCUT2D eigenvalue weighted by atomic mass is 19.2. The van der Waals surface area contributed by atoms with E-state index in [1.165, 1.54) is 30.3 Å². The maximum Gasteiger partial charge on any atom is 0.335 e. The molecule has 0 radical (unpaired) electrons. The second-order valence-electron chi connectivity index (χ2n) is 4.10. The van der Waals surface area contributed by atoms with Gasteiger partial charge >= 0.3 is 5.97 Å². The fraction of sp³-hybridized carbons (Fsp3) is 0.133. The lowest BCUT2D eigenvalue weighted by atomic mass is 10.2. The number of rotatable bonds is 6. The molecule has 0 saturated carbocycles. The predicted molar refractivity (Wildman–Crippen MR) is 70.7 cm³/mol. The first-order chi connectivity index (χ1) is 10.1. The third kappa shape index (κ3) is 4.17. The topological polar surface area (TPSA) is 55.8 Å². The summed E-state index contributed by atoms with van der Waals surface area (Å²) in [5.41, 5.74) is 0.167. The van der Waals surface area contributed by atoms with Crippen LogP contribution in [-0.4, -0.2) is 24.3 Å². The molecule has 0 aromatic heterocycles. The number of carbonyl (C=O) groups is 1. The summed E-state index contributed by atoms with van der Waals surface area (Å²) in [4.78, 5) is 10.7. The molecule has 0 heterocycles. The molecule has 2 aromatic carbocycles. The van der Waals surface area contributed by atoms with Crippen molar-refractivity contribution in [1.82, 2.24) is 0 Å². The summed E-state index contributed by atoms with van der Waals surface area (Å²) >= 11 is 0. The van der Waals surface area contributed by atoms with Gasteiger partial charge in [-0.1, -0.05) is 0 Å². The van der Waals surface area contributed by atoms with E-state index in [9.17, 15) is 13.6 Å². The summed E-state index contributed by atoms with van der Waals surface area (Å²) in [5.74, 6) is -2.22. The van der Waals surface area contributed by atoms with Crippen LogP contribution in [0.5, 0.6) is 11.5 Å². The van der Waals surface area contributed by atoms with Crippen molar-refractivity contribution < 1.29 is 28.2 Å².